The normalized spacial score (nSPS) is 16.5. The molecule has 2 aromatic heterocycles. The summed E-state index contributed by atoms with van der Waals surface area (Å²) >= 11 is 1.44. The first kappa shape index (κ1) is 24.5. The standard InChI is InChI=1S/C27H28N4O3S2/c1-18-9-11-22(12-10-18)36(33,34)31-14-6-8-24(31)26(32)30(17-21-7-4-5-13-28-21)27-29-23-15-19(2)20(3)16-25(23)35-27/h4-5,7,9-13,15-16,24H,6,8,14,17H2,1-3H3. The molecule has 1 unspecified atom stereocenters. The van der Waals surface area contributed by atoms with Crippen molar-refractivity contribution >= 4 is 42.6 Å². The van der Waals surface area contributed by atoms with Gasteiger partial charge in [-0.1, -0.05) is 35.1 Å². The van der Waals surface area contributed by atoms with E-state index in [1.807, 2.05) is 38.1 Å². The Morgan fingerprint density at radius 1 is 1.08 bits per heavy atom. The molecule has 1 amide bonds. The maximum Gasteiger partial charge on any atom is 0.247 e. The number of benzene rings is 2. The minimum Gasteiger partial charge on any atom is -0.281 e. The van der Waals surface area contributed by atoms with Crippen molar-refractivity contribution in [2.75, 3.05) is 11.4 Å². The van der Waals surface area contributed by atoms with Crippen LogP contribution in [0.4, 0.5) is 5.13 Å². The molecule has 1 fully saturated rings. The number of carbonyl (C=O) groups is 1. The first-order chi connectivity index (χ1) is 17.2. The van der Waals surface area contributed by atoms with E-state index in [1.165, 1.54) is 15.6 Å². The van der Waals surface area contributed by atoms with Gasteiger partial charge in [0.05, 0.1) is 27.4 Å². The highest BCUT2D eigenvalue weighted by Gasteiger charge is 2.42. The van der Waals surface area contributed by atoms with E-state index in [-0.39, 0.29) is 17.3 Å². The third-order valence-corrected chi connectivity index (χ3v) is 9.62. The molecule has 1 atom stereocenters. The van der Waals surface area contributed by atoms with Gasteiger partial charge in [-0.15, -0.1) is 0 Å². The van der Waals surface area contributed by atoms with Gasteiger partial charge < -0.3 is 0 Å². The van der Waals surface area contributed by atoms with Crippen molar-refractivity contribution in [1.82, 2.24) is 14.3 Å². The summed E-state index contributed by atoms with van der Waals surface area (Å²) in [6.07, 6.45) is 2.77. The Morgan fingerprint density at radius 2 is 1.83 bits per heavy atom. The molecule has 1 aliphatic heterocycles. The first-order valence-corrected chi connectivity index (χ1v) is 14.2. The summed E-state index contributed by atoms with van der Waals surface area (Å²) in [5.41, 5.74) is 4.81. The van der Waals surface area contributed by atoms with E-state index < -0.39 is 16.1 Å². The lowest BCUT2D eigenvalue weighted by Gasteiger charge is -2.28. The zero-order valence-electron chi connectivity index (χ0n) is 20.5. The number of nitrogens with zero attached hydrogens (tertiary/aromatic N) is 4. The van der Waals surface area contributed by atoms with Crippen LogP contribution >= 0.6 is 11.3 Å². The highest BCUT2D eigenvalue weighted by atomic mass is 32.2. The number of thiazole rings is 1. The van der Waals surface area contributed by atoms with E-state index in [0.717, 1.165) is 26.9 Å². The molecular weight excluding hydrogens is 492 g/mol. The molecular formula is C27H28N4O3S2. The molecule has 2 aromatic carbocycles. The van der Waals surface area contributed by atoms with E-state index in [0.29, 0.717) is 30.2 Å². The largest absolute Gasteiger partial charge is 0.281 e. The van der Waals surface area contributed by atoms with Gasteiger partial charge in [-0.3, -0.25) is 14.7 Å². The van der Waals surface area contributed by atoms with Gasteiger partial charge in [0.2, 0.25) is 15.9 Å². The number of hydrogen-bond acceptors (Lipinski definition) is 6. The third kappa shape index (κ3) is 4.66. The second-order valence-electron chi connectivity index (χ2n) is 9.23. The van der Waals surface area contributed by atoms with Crippen LogP contribution in [-0.2, 0) is 21.4 Å². The zero-order chi connectivity index (χ0) is 25.4. The topological polar surface area (TPSA) is 83.5 Å². The number of carbonyl (C=O) groups excluding carboxylic acids is 1. The van der Waals surface area contributed by atoms with Crippen LogP contribution in [0.2, 0.25) is 0 Å². The number of amides is 1. The molecule has 186 valence electrons. The summed E-state index contributed by atoms with van der Waals surface area (Å²) < 4.78 is 29.4. The van der Waals surface area contributed by atoms with Crippen molar-refractivity contribution in [3.8, 4) is 0 Å². The van der Waals surface area contributed by atoms with Gasteiger partial charge in [-0.2, -0.15) is 4.31 Å². The maximum atomic E-state index is 14.1. The summed E-state index contributed by atoms with van der Waals surface area (Å²) in [6, 6.07) is 15.6. The number of aromatic nitrogens is 2. The zero-order valence-corrected chi connectivity index (χ0v) is 22.1. The van der Waals surface area contributed by atoms with E-state index in [1.54, 1.807) is 35.4 Å². The Bertz CT molecular complexity index is 1480. The Kier molecular flexibility index (Phi) is 6.63. The molecule has 0 spiro atoms. The van der Waals surface area contributed by atoms with E-state index in [2.05, 4.69) is 18.0 Å². The molecule has 4 aromatic rings. The van der Waals surface area contributed by atoms with Crippen LogP contribution in [0.5, 0.6) is 0 Å². The molecule has 0 N–H and O–H groups in total. The predicted octanol–water partition coefficient (Wildman–Crippen LogP) is 5.00. The highest BCUT2D eigenvalue weighted by molar-refractivity contribution is 7.89. The van der Waals surface area contributed by atoms with Gasteiger partial charge in [0.1, 0.15) is 6.04 Å². The van der Waals surface area contributed by atoms with Gasteiger partial charge >= 0.3 is 0 Å². The smallest absolute Gasteiger partial charge is 0.247 e. The number of fused-ring (bicyclic) bond motifs is 1. The summed E-state index contributed by atoms with van der Waals surface area (Å²) in [5, 5.41) is 0.547. The SMILES string of the molecule is Cc1ccc(S(=O)(=O)N2CCCC2C(=O)N(Cc2ccccn2)c2nc3cc(C)c(C)cc3s2)cc1. The third-order valence-electron chi connectivity index (χ3n) is 6.65. The van der Waals surface area contributed by atoms with Crippen molar-refractivity contribution in [2.45, 2.75) is 51.1 Å². The molecule has 0 bridgehead atoms. The van der Waals surface area contributed by atoms with E-state index in [9.17, 15) is 13.2 Å². The maximum absolute atomic E-state index is 14.1. The van der Waals surface area contributed by atoms with Crippen LogP contribution in [0.15, 0.2) is 65.7 Å². The lowest BCUT2D eigenvalue weighted by molar-refractivity contribution is -0.121. The van der Waals surface area contributed by atoms with Crippen LogP contribution < -0.4 is 4.90 Å². The fourth-order valence-electron chi connectivity index (χ4n) is 4.48. The van der Waals surface area contributed by atoms with Gasteiger partial charge in [-0.05, 0) is 81.1 Å². The Morgan fingerprint density at radius 3 is 2.56 bits per heavy atom. The first-order valence-electron chi connectivity index (χ1n) is 11.9. The number of rotatable bonds is 6. The lowest BCUT2D eigenvalue weighted by atomic mass is 10.1. The predicted molar refractivity (Wildman–Crippen MR) is 143 cm³/mol. The molecule has 0 aliphatic carbocycles. The molecule has 7 nitrogen and oxygen atoms in total. The Hall–Kier alpha value is -3.14. The average Bonchev–Trinajstić information content (AvgIpc) is 3.51. The number of pyridine rings is 1. The second kappa shape index (κ2) is 9.72. The Balaban J connectivity index is 1.53. The number of aryl methyl sites for hydroxylation is 3. The van der Waals surface area contributed by atoms with Gasteiger partial charge in [0.25, 0.3) is 0 Å². The van der Waals surface area contributed by atoms with Crippen molar-refractivity contribution < 1.29 is 13.2 Å². The Labute approximate surface area is 215 Å². The molecule has 5 rings (SSSR count). The van der Waals surface area contributed by atoms with Crippen molar-refractivity contribution in [3.05, 3.63) is 83.2 Å². The van der Waals surface area contributed by atoms with Gasteiger partial charge in [0.15, 0.2) is 5.13 Å². The van der Waals surface area contributed by atoms with Crippen molar-refractivity contribution in [2.24, 2.45) is 0 Å². The minimum absolute atomic E-state index is 0.204. The number of hydrogen-bond donors (Lipinski definition) is 0. The second-order valence-corrected chi connectivity index (χ2v) is 12.1. The number of sulfonamides is 1. The quantitative estimate of drug-likeness (QED) is 0.357. The molecule has 1 aliphatic rings. The van der Waals surface area contributed by atoms with Gasteiger partial charge in [-0.25, -0.2) is 13.4 Å². The fraction of sp³-hybridized carbons (Fsp3) is 0.296. The van der Waals surface area contributed by atoms with Crippen LogP contribution in [0, 0.1) is 20.8 Å². The summed E-state index contributed by atoms with van der Waals surface area (Å²) in [4.78, 5) is 25.1. The summed E-state index contributed by atoms with van der Waals surface area (Å²) in [5.74, 6) is -0.277. The molecule has 3 heterocycles. The van der Waals surface area contributed by atoms with Crippen LogP contribution in [0.1, 0.15) is 35.2 Å². The monoisotopic (exact) mass is 520 g/mol. The molecule has 0 saturated carbocycles. The van der Waals surface area contributed by atoms with E-state index >= 15 is 0 Å². The summed E-state index contributed by atoms with van der Waals surface area (Å²) in [7, 11) is -3.82. The minimum atomic E-state index is -3.82. The molecule has 36 heavy (non-hydrogen) atoms. The average molecular weight is 521 g/mol. The number of anilines is 1. The van der Waals surface area contributed by atoms with Crippen LogP contribution in [0.25, 0.3) is 10.2 Å². The van der Waals surface area contributed by atoms with Gasteiger partial charge in [0, 0.05) is 12.7 Å². The van der Waals surface area contributed by atoms with Crippen LogP contribution in [-0.4, -0.2) is 41.2 Å². The van der Waals surface area contributed by atoms with Crippen LogP contribution in [0.3, 0.4) is 0 Å². The molecule has 9 heteroatoms. The van der Waals surface area contributed by atoms with Crippen molar-refractivity contribution in [3.63, 3.8) is 0 Å². The summed E-state index contributed by atoms with van der Waals surface area (Å²) in [6.45, 7) is 6.53. The fourth-order valence-corrected chi connectivity index (χ4v) is 7.18. The molecule has 0 radical (unpaired) electrons. The lowest BCUT2D eigenvalue weighted by Crippen LogP contribution is -2.47. The van der Waals surface area contributed by atoms with Crippen molar-refractivity contribution in [1.29, 1.82) is 0 Å². The molecule has 1 saturated heterocycles. The highest BCUT2D eigenvalue weighted by Crippen LogP contribution is 2.34. The van der Waals surface area contributed by atoms with E-state index in [4.69, 9.17) is 4.98 Å².